The smallest absolute Gasteiger partial charge is 0.257 e. The minimum atomic E-state index is -0.687. The molecule has 0 bridgehead atoms. The fourth-order valence-corrected chi connectivity index (χ4v) is 2.43. The monoisotopic (exact) mass is 266 g/mol. The molecule has 1 fully saturated rings. The molecule has 0 unspecified atom stereocenters. The Morgan fingerprint density at radius 1 is 1.37 bits per heavy atom. The van der Waals surface area contributed by atoms with Gasteiger partial charge in [0.1, 0.15) is 5.76 Å². The lowest BCUT2D eigenvalue weighted by atomic mass is 10.1. The van der Waals surface area contributed by atoms with Crippen LogP contribution in [0.15, 0.2) is 16.7 Å². The van der Waals surface area contributed by atoms with Crippen LogP contribution in [0.1, 0.15) is 30.0 Å². The van der Waals surface area contributed by atoms with Crippen molar-refractivity contribution in [3.05, 3.63) is 23.7 Å². The molecule has 1 aromatic rings. The van der Waals surface area contributed by atoms with Crippen molar-refractivity contribution < 1.29 is 14.3 Å². The van der Waals surface area contributed by atoms with Gasteiger partial charge in [0.2, 0.25) is 0 Å². The third-order valence-corrected chi connectivity index (χ3v) is 3.36. The Morgan fingerprint density at radius 3 is 2.47 bits per heavy atom. The number of rotatable bonds is 3. The Hall–Kier alpha value is -1.33. The molecule has 1 aliphatic heterocycles. The van der Waals surface area contributed by atoms with Crippen molar-refractivity contribution in [2.45, 2.75) is 26.4 Å². The highest BCUT2D eigenvalue weighted by Gasteiger charge is 2.26. The van der Waals surface area contributed by atoms with E-state index >= 15 is 0 Å². The van der Waals surface area contributed by atoms with E-state index in [9.17, 15) is 9.90 Å². The predicted octanol–water partition coefficient (Wildman–Crippen LogP) is 1.12. The van der Waals surface area contributed by atoms with Gasteiger partial charge < -0.3 is 14.4 Å². The van der Waals surface area contributed by atoms with Crippen LogP contribution >= 0.6 is 0 Å². The quantitative estimate of drug-likeness (QED) is 0.890. The molecule has 1 amide bonds. The van der Waals surface area contributed by atoms with Gasteiger partial charge in [-0.15, -0.1) is 0 Å². The number of carbonyl (C=O) groups is 1. The SMILES string of the molecule is Cc1occc1C(=O)N1CCN(CC(C)(C)O)CC1. The first-order valence-corrected chi connectivity index (χ1v) is 6.65. The van der Waals surface area contributed by atoms with Crippen LogP contribution in [0.3, 0.4) is 0 Å². The van der Waals surface area contributed by atoms with Crippen LogP contribution in [0.5, 0.6) is 0 Å². The molecule has 0 spiro atoms. The van der Waals surface area contributed by atoms with Gasteiger partial charge in [-0.05, 0) is 26.8 Å². The molecule has 5 heteroatoms. The number of carbonyl (C=O) groups excluding carboxylic acids is 1. The molecule has 19 heavy (non-hydrogen) atoms. The maximum atomic E-state index is 12.3. The zero-order chi connectivity index (χ0) is 14.0. The average Bonchev–Trinajstić information content (AvgIpc) is 2.73. The molecule has 0 saturated carbocycles. The minimum Gasteiger partial charge on any atom is -0.469 e. The van der Waals surface area contributed by atoms with Gasteiger partial charge >= 0.3 is 0 Å². The maximum Gasteiger partial charge on any atom is 0.257 e. The molecule has 106 valence electrons. The van der Waals surface area contributed by atoms with Crippen LogP contribution in [-0.4, -0.2) is 59.1 Å². The molecule has 1 aliphatic rings. The highest BCUT2D eigenvalue weighted by Crippen LogP contribution is 2.15. The van der Waals surface area contributed by atoms with E-state index in [0.717, 1.165) is 13.1 Å². The molecule has 2 rings (SSSR count). The molecule has 0 aliphatic carbocycles. The largest absolute Gasteiger partial charge is 0.469 e. The maximum absolute atomic E-state index is 12.3. The van der Waals surface area contributed by atoms with Gasteiger partial charge in [-0.25, -0.2) is 0 Å². The molecule has 1 saturated heterocycles. The number of β-amino-alcohol motifs (C(OH)–C–C–N with tert-alkyl or cyclic N) is 1. The zero-order valence-corrected chi connectivity index (χ0v) is 11.8. The van der Waals surface area contributed by atoms with Gasteiger partial charge in [-0.1, -0.05) is 0 Å². The Bertz CT molecular complexity index is 440. The van der Waals surface area contributed by atoms with Crippen molar-refractivity contribution in [1.82, 2.24) is 9.80 Å². The van der Waals surface area contributed by atoms with Crippen molar-refractivity contribution in [3.63, 3.8) is 0 Å². The number of hydrogen-bond donors (Lipinski definition) is 1. The summed E-state index contributed by atoms with van der Waals surface area (Å²) in [6.45, 7) is 9.04. The third-order valence-electron chi connectivity index (χ3n) is 3.36. The predicted molar refractivity (Wildman–Crippen MR) is 72.1 cm³/mol. The Kier molecular flexibility index (Phi) is 3.96. The minimum absolute atomic E-state index is 0.0363. The molecular weight excluding hydrogens is 244 g/mol. The summed E-state index contributed by atoms with van der Waals surface area (Å²) in [6, 6.07) is 1.72. The van der Waals surface area contributed by atoms with Gasteiger partial charge in [-0.2, -0.15) is 0 Å². The van der Waals surface area contributed by atoms with Gasteiger partial charge in [0.15, 0.2) is 0 Å². The van der Waals surface area contributed by atoms with Crippen LogP contribution in [-0.2, 0) is 0 Å². The third kappa shape index (κ3) is 3.58. The number of furan rings is 1. The average molecular weight is 266 g/mol. The molecular formula is C14H22N2O3. The summed E-state index contributed by atoms with van der Waals surface area (Å²) in [4.78, 5) is 16.3. The number of nitrogens with zero attached hydrogens (tertiary/aromatic N) is 2. The molecule has 5 nitrogen and oxygen atoms in total. The van der Waals surface area contributed by atoms with Crippen LogP contribution in [0.25, 0.3) is 0 Å². The van der Waals surface area contributed by atoms with Gasteiger partial charge in [0.25, 0.3) is 5.91 Å². The molecule has 0 atom stereocenters. The van der Waals surface area contributed by atoms with E-state index in [2.05, 4.69) is 4.90 Å². The van der Waals surface area contributed by atoms with Crippen LogP contribution in [0.4, 0.5) is 0 Å². The lowest BCUT2D eigenvalue weighted by Gasteiger charge is -2.37. The molecule has 0 radical (unpaired) electrons. The lowest BCUT2D eigenvalue weighted by molar-refractivity contribution is 0.0178. The Labute approximate surface area is 113 Å². The number of amides is 1. The summed E-state index contributed by atoms with van der Waals surface area (Å²) in [7, 11) is 0. The first-order valence-electron chi connectivity index (χ1n) is 6.65. The van der Waals surface area contributed by atoms with Crippen LogP contribution in [0, 0.1) is 6.92 Å². The summed E-state index contributed by atoms with van der Waals surface area (Å²) in [6.07, 6.45) is 1.55. The van der Waals surface area contributed by atoms with E-state index in [0.29, 0.717) is 31.0 Å². The zero-order valence-electron chi connectivity index (χ0n) is 11.8. The van der Waals surface area contributed by atoms with E-state index in [4.69, 9.17) is 4.42 Å². The topological polar surface area (TPSA) is 56.9 Å². The molecule has 0 aromatic carbocycles. The number of aryl methyl sites for hydroxylation is 1. The van der Waals surface area contributed by atoms with E-state index in [-0.39, 0.29) is 5.91 Å². The second kappa shape index (κ2) is 5.35. The van der Waals surface area contributed by atoms with E-state index < -0.39 is 5.60 Å². The van der Waals surface area contributed by atoms with Gasteiger partial charge in [0.05, 0.1) is 17.4 Å². The van der Waals surface area contributed by atoms with Crippen molar-refractivity contribution >= 4 is 5.91 Å². The summed E-state index contributed by atoms with van der Waals surface area (Å²) >= 11 is 0. The second-order valence-corrected chi connectivity index (χ2v) is 5.77. The fourth-order valence-electron chi connectivity index (χ4n) is 2.43. The number of piperazine rings is 1. The number of aliphatic hydroxyl groups is 1. The first kappa shape index (κ1) is 14.1. The Morgan fingerprint density at radius 2 is 2.00 bits per heavy atom. The molecule has 2 heterocycles. The van der Waals surface area contributed by atoms with Crippen molar-refractivity contribution in [1.29, 1.82) is 0 Å². The summed E-state index contributed by atoms with van der Waals surface area (Å²) in [5.41, 5.74) is -0.0382. The van der Waals surface area contributed by atoms with Crippen LogP contribution < -0.4 is 0 Å². The summed E-state index contributed by atoms with van der Waals surface area (Å²) < 4.78 is 5.17. The highest BCUT2D eigenvalue weighted by molar-refractivity contribution is 5.95. The summed E-state index contributed by atoms with van der Waals surface area (Å²) in [5, 5.41) is 9.80. The summed E-state index contributed by atoms with van der Waals surface area (Å²) in [5.74, 6) is 0.707. The molecule has 1 aromatic heterocycles. The number of hydrogen-bond acceptors (Lipinski definition) is 4. The Balaban J connectivity index is 1.90. The van der Waals surface area contributed by atoms with E-state index in [1.54, 1.807) is 33.1 Å². The lowest BCUT2D eigenvalue weighted by Crippen LogP contribution is -2.52. The van der Waals surface area contributed by atoms with Crippen molar-refractivity contribution in [3.8, 4) is 0 Å². The normalized spacial score (nSPS) is 17.8. The first-order chi connectivity index (χ1) is 8.87. The van der Waals surface area contributed by atoms with E-state index in [1.165, 1.54) is 0 Å². The highest BCUT2D eigenvalue weighted by atomic mass is 16.3. The van der Waals surface area contributed by atoms with Crippen LogP contribution in [0.2, 0.25) is 0 Å². The van der Waals surface area contributed by atoms with Crippen molar-refractivity contribution in [2.24, 2.45) is 0 Å². The standard InChI is InChI=1S/C14H22N2O3/c1-11-12(4-9-19-11)13(17)16-7-5-15(6-8-16)10-14(2,3)18/h4,9,18H,5-8,10H2,1-3H3. The van der Waals surface area contributed by atoms with Gasteiger partial charge in [-0.3, -0.25) is 9.69 Å². The molecule has 1 N–H and O–H groups in total. The fraction of sp³-hybridized carbons (Fsp3) is 0.643. The van der Waals surface area contributed by atoms with E-state index in [1.807, 2.05) is 4.90 Å². The van der Waals surface area contributed by atoms with Crippen molar-refractivity contribution in [2.75, 3.05) is 32.7 Å². The van der Waals surface area contributed by atoms with Gasteiger partial charge in [0, 0.05) is 32.7 Å². The second-order valence-electron chi connectivity index (χ2n) is 5.77.